The second-order valence-electron chi connectivity index (χ2n) is 8.09. The molecule has 0 radical (unpaired) electrons. The lowest BCUT2D eigenvalue weighted by atomic mass is 9.96. The minimum Gasteiger partial charge on any atom is -0.507 e. The van der Waals surface area contributed by atoms with Gasteiger partial charge in [0.1, 0.15) is 17.6 Å². The number of carboxylic acids is 1. The third-order valence-electron chi connectivity index (χ3n) is 5.93. The number of aromatic nitrogens is 2. The molecule has 1 amide bonds. The molecule has 1 atom stereocenters. The van der Waals surface area contributed by atoms with Crippen LogP contribution in [0.3, 0.4) is 0 Å². The van der Waals surface area contributed by atoms with Crippen LogP contribution in [0.5, 0.6) is 5.75 Å². The highest BCUT2D eigenvalue weighted by atomic mass is 32.1. The van der Waals surface area contributed by atoms with Crippen molar-refractivity contribution in [2.45, 2.75) is 13.0 Å². The predicted octanol–water partition coefficient (Wildman–Crippen LogP) is 4.33. The number of aromatic carboxylic acids is 1. The van der Waals surface area contributed by atoms with Gasteiger partial charge in [0.15, 0.2) is 5.13 Å². The molecule has 0 aliphatic carbocycles. The third kappa shape index (κ3) is 3.77. The van der Waals surface area contributed by atoms with Gasteiger partial charge in [-0.1, -0.05) is 17.4 Å². The highest BCUT2D eigenvalue weighted by Gasteiger charge is 2.49. The molecule has 1 aliphatic rings. The first-order valence-electron chi connectivity index (χ1n) is 10.8. The van der Waals surface area contributed by atoms with Gasteiger partial charge in [0.05, 0.1) is 34.2 Å². The Kier molecular flexibility index (Phi) is 5.73. The summed E-state index contributed by atoms with van der Waals surface area (Å²) in [6.07, 6.45) is 1.53. The number of carboxylic acid groups (broad SMARTS) is 1. The van der Waals surface area contributed by atoms with Crippen molar-refractivity contribution in [1.29, 1.82) is 0 Å². The highest BCUT2D eigenvalue weighted by molar-refractivity contribution is 7.22. The minimum absolute atomic E-state index is 0.0796. The molecule has 0 saturated carbocycles. The zero-order valence-electron chi connectivity index (χ0n) is 19.1. The van der Waals surface area contributed by atoms with Crippen LogP contribution in [0, 0.1) is 6.92 Å². The molecule has 2 N–H and O–H groups in total. The SMILES string of the molecule is COc1ccc(/C(O)=C2\C(=O)C(=O)N(c3nc4ccc(C(=O)O)cc4s3)C2c2ccccn2)c(C)c1. The molecule has 2 aromatic carbocycles. The molecule has 1 saturated heterocycles. The number of hydrogen-bond donors (Lipinski definition) is 2. The van der Waals surface area contributed by atoms with Gasteiger partial charge in [0, 0.05) is 11.8 Å². The van der Waals surface area contributed by atoms with E-state index in [9.17, 15) is 24.6 Å². The fourth-order valence-corrected chi connectivity index (χ4v) is 5.20. The Morgan fingerprint density at radius 3 is 2.56 bits per heavy atom. The molecule has 180 valence electrons. The standard InChI is InChI=1S/C26H19N3O6S/c1-13-11-15(35-2)7-8-16(13)22(30)20-21(18-5-3-4-10-27-18)29(24(32)23(20)31)26-28-17-9-6-14(25(33)34)12-19(17)36-26/h3-12,21,30H,1-2H3,(H,33,34)/b22-20+. The van der Waals surface area contributed by atoms with E-state index in [0.717, 1.165) is 11.3 Å². The van der Waals surface area contributed by atoms with Crippen LogP contribution in [0.4, 0.5) is 5.13 Å². The fraction of sp³-hybridized carbons (Fsp3) is 0.115. The highest BCUT2D eigenvalue weighted by Crippen LogP contribution is 2.44. The number of amides is 1. The van der Waals surface area contributed by atoms with E-state index in [1.165, 1.54) is 30.3 Å². The number of thiazole rings is 1. The van der Waals surface area contributed by atoms with E-state index in [0.29, 0.717) is 32.8 Å². The number of nitrogens with zero attached hydrogens (tertiary/aromatic N) is 3. The van der Waals surface area contributed by atoms with Crippen molar-refractivity contribution in [3.8, 4) is 5.75 Å². The number of Topliss-reactive ketones (excluding diaryl/α,β-unsaturated/α-hetero) is 1. The van der Waals surface area contributed by atoms with E-state index in [1.54, 1.807) is 49.4 Å². The smallest absolute Gasteiger partial charge is 0.335 e. The summed E-state index contributed by atoms with van der Waals surface area (Å²) in [6.45, 7) is 1.76. The molecule has 1 fully saturated rings. The van der Waals surface area contributed by atoms with Gasteiger partial charge in [-0.15, -0.1) is 0 Å². The lowest BCUT2D eigenvalue weighted by Crippen LogP contribution is -2.29. The van der Waals surface area contributed by atoms with Gasteiger partial charge in [0.2, 0.25) is 0 Å². The zero-order chi connectivity index (χ0) is 25.6. The summed E-state index contributed by atoms with van der Waals surface area (Å²) >= 11 is 1.08. The maximum Gasteiger partial charge on any atom is 0.335 e. The van der Waals surface area contributed by atoms with E-state index >= 15 is 0 Å². The van der Waals surface area contributed by atoms with E-state index in [2.05, 4.69) is 9.97 Å². The van der Waals surface area contributed by atoms with Crippen LogP contribution in [-0.4, -0.2) is 45.0 Å². The number of pyridine rings is 1. The number of hydrogen-bond acceptors (Lipinski definition) is 8. The molecule has 0 spiro atoms. The van der Waals surface area contributed by atoms with Crippen LogP contribution < -0.4 is 9.64 Å². The van der Waals surface area contributed by atoms with E-state index in [1.807, 2.05) is 0 Å². The van der Waals surface area contributed by atoms with Crippen LogP contribution in [0.25, 0.3) is 16.0 Å². The first-order valence-corrected chi connectivity index (χ1v) is 11.6. The van der Waals surface area contributed by atoms with Gasteiger partial charge in [-0.2, -0.15) is 0 Å². The summed E-state index contributed by atoms with van der Waals surface area (Å²) in [5.74, 6) is -2.57. The molecule has 1 aliphatic heterocycles. The monoisotopic (exact) mass is 501 g/mol. The first kappa shape index (κ1) is 23.2. The largest absolute Gasteiger partial charge is 0.507 e. The topological polar surface area (TPSA) is 130 Å². The molecule has 1 unspecified atom stereocenters. The van der Waals surface area contributed by atoms with Crippen molar-refractivity contribution in [3.05, 3.63) is 88.8 Å². The number of fused-ring (bicyclic) bond motifs is 1. The van der Waals surface area contributed by atoms with Crippen molar-refractivity contribution in [3.63, 3.8) is 0 Å². The summed E-state index contributed by atoms with van der Waals surface area (Å²) in [5.41, 5.74) is 1.85. The van der Waals surface area contributed by atoms with Crippen molar-refractivity contribution >= 4 is 50.1 Å². The van der Waals surface area contributed by atoms with Gasteiger partial charge in [0.25, 0.3) is 5.78 Å². The summed E-state index contributed by atoms with van der Waals surface area (Å²) < 4.78 is 5.77. The molecule has 4 aromatic rings. The van der Waals surface area contributed by atoms with Gasteiger partial charge < -0.3 is 14.9 Å². The average Bonchev–Trinajstić information content (AvgIpc) is 3.41. The molecule has 10 heteroatoms. The first-order chi connectivity index (χ1) is 17.3. The zero-order valence-corrected chi connectivity index (χ0v) is 19.9. The van der Waals surface area contributed by atoms with Crippen LogP contribution in [0.15, 0.2) is 66.4 Å². The number of methoxy groups -OCH3 is 1. The number of ether oxygens (including phenoxy) is 1. The molecule has 5 rings (SSSR count). The number of ketones is 1. The van der Waals surface area contributed by atoms with Gasteiger partial charge in [-0.3, -0.25) is 19.5 Å². The Balaban J connectivity index is 1.71. The number of rotatable bonds is 5. The third-order valence-corrected chi connectivity index (χ3v) is 6.95. The Morgan fingerprint density at radius 2 is 1.89 bits per heavy atom. The van der Waals surface area contributed by atoms with Crippen molar-refractivity contribution in [2.75, 3.05) is 12.0 Å². The second-order valence-corrected chi connectivity index (χ2v) is 9.10. The average molecular weight is 502 g/mol. The normalized spacial score (nSPS) is 17.1. The van der Waals surface area contributed by atoms with E-state index < -0.39 is 23.7 Å². The summed E-state index contributed by atoms with van der Waals surface area (Å²) in [5, 5.41) is 20.8. The molecule has 9 nitrogen and oxygen atoms in total. The fourth-order valence-electron chi connectivity index (χ4n) is 4.17. The number of aryl methyl sites for hydroxylation is 1. The van der Waals surface area contributed by atoms with Crippen LogP contribution in [0.1, 0.15) is 33.2 Å². The minimum atomic E-state index is -1.09. The van der Waals surface area contributed by atoms with Gasteiger partial charge in [-0.25, -0.2) is 9.78 Å². The Bertz CT molecular complexity index is 1580. The van der Waals surface area contributed by atoms with E-state index in [-0.39, 0.29) is 22.0 Å². The van der Waals surface area contributed by atoms with Gasteiger partial charge >= 0.3 is 11.9 Å². The van der Waals surface area contributed by atoms with Crippen LogP contribution in [-0.2, 0) is 9.59 Å². The number of benzene rings is 2. The molecule has 0 bridgehead atoms. The van der Waals surface area contributed by atoms with Crippen molar-refractivity contribution in [1.82, 2.24) is 9.97 Å². The molecule has 2 aromatic heterocycles. The molecule has 36 heavy (non-hydrogen) atoms. The van der Waals surface area contributed by atoms with Crippen molar-refractivity contribution in [2.24, 2.45) is 0 Å². The van der Waals surface area contributed by atoms with Crippen LogP contribution in [0.2, 0.25) is 0 Å². The quantitative estimate of drug-likeness (QED) is 0.235. The molecule has 3 heterocycles. The number of carbonyl (C=O) groups is 3. The predicted molar refractivity (Wildman–Crippen MR) is 133 cm³/mol. The Labute approximate surface area is 208 Å². The number of aliphatic hydroxyl groups is 1. The summed E-state index contributed by atoms with van der Waals surface area (Å²) in [7, 11) is 1.53. The summed E-state index contributed by atoms with van der Waals surface area (Å²) in [4.78, 5) is 48.1. The van der Waals surface area contributed by atoms with Crippen molar-refractivity contribution < 1.29 is 29.3 Å². The number of carbonyl (C=O) groups excluding carboxylic acids is 2. The van der Waals surface area contributed by atoms with Gasteiger partial charge in [-0.05, 0) is 61.0 Å². The summed E-state index contributed by atoms with van der Waals surface area (Å²) in [6, 6.07) is 13.5. The number of aliphatic hydroxyl groups excluding tert-OH is 1. The maximum absolute atomic E-state index is 13.3. The second kappa shape index (κ2) is 8.90. The maximum atomic E-state index is 13.3. The van der Waals surface area contributed by atoms with E-state index in [4.69, 9.17) is 4.74 Å². The Morgan fingerprint density at radius 1 is 1.08 bits per heavy atom. The molecular weight excluding hydrogens is 482 g/mol. The lowest BCUT2D eigenvalue weighted by molar-refractivity contribution is -0.132. The molecular formula is C26H19N3O6S. The lowest BCUT2D eigenvalue weighted by Gasteiger charge is -2.22. The van der Waals surface area contributed by atoms with Crippen LogP contribution >= 0.6 is 11.3 Å². The number of anilines is 1. The Hall–Kier alpha value is -4.57.